The highest BCUT2D eigenvalue weighted by atomic mass is 32.2. The second kappa shape index (κ2) is 12.3. The molecule has 1 saturated heterocycles. The summed E-state index contributed by atoms with van der Waals surface area (Å²) in [4.78, 5) is 48.7. The van der Waals surface area contributed by atoms with E-state index in [-0.39, 0.29) is 23.9 Å². The lowest BCUT2D eigenvalue weighted by Crippen LogP contribution is -2.53. The van der Waals surface area contributed by atoms with E-state index in [1.54, 1.807) is 30.5 Å². The molecule has 2 amide bonds. The van der Waals surface area contributed by atoms with E-state index >= 15 is 0 Å². The molecule has 0 radical (unpaired) electrons. The zero-order valence-corrected chi connectivity index (χ0v) is 24.9. The molecule has 12 nitrogen and oxygen atoms in total. The van der Waals surface area contributed by atoms with E-state index in [9.17, 15) is 22.8 Å². The van der Waals surface area contributed by atoms with Gasteiger partial charge in [0.05, 0.1) is 29.5 Å². The van der Waals surface area contributed by atoms with Gasteiger partial charge in [0.15, 0.2) is 16.5 Å². The summed E-state index contributed by atoms with van der Waals surface area (Å²) < 4.78 is 29.3. The Kier molecular flexibility index (Phi) is 8.69. The molecule has 42 heavy (non-hydrogen) atoms. The molecular formula is C29H37N7O5S. The Morgan fingerprint density at radius 2 is 1.86 bits per heavy atom. The Labute approximate surface area is 245 Å². The van der Waals surface area contributed by atoms with Gasteiger partial charge in [-0.1, -0.05) is 31.7 Å². The van der Waals surface area contributed by atoms with Gasteiger partial charge in [0, 0.05) is 24.5 Å². The van der Waals surface area contributed by atoms with Crippen LogP contribution in [0.2, 0.25) is 0 Å². The minimum atomic E-state index is -4.00. The van der Waals surface area contributed by atoms with E-state index in [0.29, 0.717) is 29.7 Å². The van der Waals surface area contributed by atoms with E-state index in [1.807, 2.05) is 13.0 Å². The number of carbonyl (C=O) groups is 3. The predicted octanol–water partition coefficient (Wildman–Crippen LogP) is 2.35. The third kappa shape index (κ3) is 6.21. The van der Waals surface area contributed by atoms with Crippen molar-refractivity contribution < 1.29 is 22.8 Å². The number of rotatable bonds is 8. The average Bonchev–Trinajstić information content (AvgIpc) is 3.59. The van der Waals surface area contributed by atoms with Crippen LogP contribution >= 0.6 is 0 Å². The molecule has 3 atom stereocenters. The molecule has 2 N–H and O–H groups in total. The first-order valence-electron chi connectivity index (χ1n) is 14.4. The number of aromatic nitrogens is 4. The number of hydrogen-bond donors (Lipinski definition) is 2. The maximum absolute atomic E-state index is 13.7. The number of sulfonamides is 1. The minimum Gasteiger partial charge on any atom is -0.344 e. The molecule has 1 aliphatic heterocycles. The molecule has 5 rings (SSSR count). The number of carbonyl (C=O) groups excluding carboxylic acids is 3. The lowest BCUT2D eigenvalue weighted by molar-refractivity contribution is -0.129. The van der Waals surface area contributed by atoms with Crippen molar-refractivity contribution in [2.24, 2.45) is 5.92 Å². The van der Waals surface area contributed by atoms with Gasteiger partial charge in [0.1, 0.15) is 6.04 Å². The average molecular weight is 596 g/mol. The molecule has 3 aromatic heterocycles. The van der Waals surface area contributed by atoms with Gasteiger partial charge in [-0.15, -0.1) is 0 Å². The van der Waals surface area contributed by atoms with Crippen LogP contribution in [-0.4, -0.2) is 74.6 Å². The van der Waals surface area contributed by atoms with Gasteiger partial charge < -0.3 is 10.6 Å². The largest absolute Gasteiger partial charge is 0.344 e. The quantitative estimate of drug-likeness (QED) is 0.402. The van der Waals surface area contributed by atoms with Crippen LogP contribution in [0, 0.1) is 19.8 Å². The first-order chi connectivity index (χ1) is 20.0. The van der Waals surface area contributed by atoms with Crippen molar-refractivity contribution in [2.75, 3.05) is 6.54 Å². The van der Waals surface area contributed by atoms with Crippen molar-refractivity contribution >= 4 is 33.3 Å². The third-order valence-electron chi connectivity index (χ3n) is 8.35. The van der Waals surface area contributed by atoms with Crippen LogP contribution < -0.4 is 10.6 Å². The summed E-state index contributed by atoms with van der Waals surface area (Å²) >= 11 is 0. The number of nitrogens with one attached hydrogen (secondary N) is 2. The summed E-state index contributed by atoms with van der Waals surface area (Å²) in [5.41, 5.74) is 2.31. The van der Waals surface area contributed by atoms with E-state index in [1.165, 1.54) is 18.5 Å². The fourth-order valence-corrected chi connectivity index (χ4v) is 7.49. The second-order valence-corrected chi connectivity index (χ2v) is 13.2. The zero-order valence-electron chi connectivity index (χ0n) is 24.1. The Balaban J connectivity index is 1.32. The van der Waals surface area contributed by atoms with Crippen molar-refractivity contribution in [1.82, 2.24) is 34.5 Å². The smallest absolute Gasteiger partial charge is 0.261 e. The van der Waals surface area contributed by atoms with Crippen LogP contribution in [0.5, 0.6) is 0 Å². The standard InChI is InChI=1S/C29H37N7O5S/c1-18-14-26-31-16-22(20(3)36(26)34-18)28(38)33-24(15-21-8-4-5-9-21)29(39)32-23-12-11-19(2)35(17-25(23)37)42(40,41)27-10-6-7-13-30-27/h6-7,10,13-14,16,19,21,23-24H,4-5,8-9,11-12,15,17H2,1-3H3,(H,32,39)(H,33,38)/t19-,23+,24+/m1/s1. The summed E-state index contributed by atoms with van der Waals surface area (Å²) in [6.07, 6.45) is 8.07. The van der Waals surface area contributed by atoms with Gasteiger partial charge in [-0.05, 0) is 58.1 Å². The normalized spacial score (nSPS) is 21.3. The fraction of sp³-hybridized carbons (Fsp3) is 0.517. The summed E-state index contributed by atoms with van der Waals surface area (Å²) in [5, 5.41) is 10.0. The molecule has 4 heterocycles. The highest BCUT2D eigenvalue weighted by Gasteiger charge is 2.38. The first kappa shape index (κ1) is 29.8. The molecule has 1 aliphatic carbocycles. The fourth-order valence-electron chi connectivity index (χ4n) is 5.93. The summed E-state index contributed by atoms with van der Waals surface area (Å²) in [7, 11) is -4.00. The SMILES string of the molecule is Cc1cc2ncc(C(=O)N[C@@H](CC3CCCC3)C(=O)N[C@H]3CC[C@@H](C)N(S(=O)(=O)c4ccccn4)CC3=O)c(C)n2n1. The molecule has 2 fully saturated rings. The van der Waals surface area contributed by atoms with Crippen molar-refractivity contribution in [2.45, 2.75) is 88.9 Å². The molecule has 0 unspecified atom stereocenters. The lowest BCUT2D eigenvalue weighted by Gasteiger charge is -2.25. The third-order valence-corrected chi connectivity index (χ3v) is 10.2. The first-order valence-corrected chi connectivity index (χ1v) is 15.9. The molecule has 0 aromatic carbocycles. The molecular weight excluding hydrogens is 558 g/mol. The lowest BCUT2D eigenvalue weighted by atomic mass is 9.96. The Bertz CT molecular complexity index is 1580. The van der Waals surface area contributed by atoms with Crippen molar-refractivity contribution in [3.63, 3.8) is 0 Å². The van der Waals surface area contributed by atoms with Crippen LogP contribution in [0.1, 0.15) is 73.6 Å². The number of hydrogen-bond acceptors (Lipinski definition) is 8. The highest BCUT2D eigenvalue weighted by Crippen LogP contribution is 2.29. The highest BCUT2D eigenvalue weighted by molar-refractivity contribution is 7.89. The Hall–Kier alpha value is -3.71. The molecule has 13 heteroatoms. The summed E-state index contributed by atoms with van der Waals surface area (Å²) in [6.45, 7) is 4.99. The summed E-state index contributed by atoms with van der Waals surface area (Å²) in [6, 6.07) is 4.21. The van der Waals surface area contributed by atoms with Crippen LogP contribution in [0.15, 0.2) is 41.7 Å². The number of nitrogens with zero attached hydrogens (tertiary/aromatic N) is 5. The van der Waals surface area contributed by atoms with E-state index in [0.717, 1.165) is 35.7 Å². The number of ketones is 1. The van der Waals surface area contributed by atoms with Crippen LogP contribution in [0.25, 0.3) is 5.65 Å². The zero-order chi connectivity index (χ0) is 30.0. The predicted molar refractivity (Wildman–Crippen MR) is 154 cm³/mol. The molecule has 0 bridgehead atoms. The van der Waals surface area contributed by atoms with Crippen LogP contribution in [-0.2, 0) is 19.6 Å². The maximum atomic E-state index is 13.7. The van der Waals surface area contributed by atoms with Gasteiger partial charge >= 0.3 is 0 Å². The topological polar surface area (TPSA) is 156 Å². The van der Waals surface area contributed by atoms with Gasteiger partial charge in [-0.2, -0.15) is 9.40 Å². The van der Waals surface area contributed by atoms with Gasteiger partial charge in [0.25, 0.3) is 15.9 Å². The number of pyridine rings is 1. The molecule has 0 spiro atoms. The molecule has 1 saturated carbocycles. The van der Waals surface area contributed by atoms with Crippen molar-refractivity contribution in [1.29, 1.82) is 0 Å². The Morgan fingerprint density at radius 3 is 2.57 bits per heavy atom. The van der Waals surface area contributed by atoms with Crippen LogP contribution in [0.4, 0.5) is 0 Å². The van der Waals surface area contributed by atoms with Gasteiger partial charge in [-0.25, -0.2) is 22.9 Å². The number of aryl methyl sites for hydroxylation is 2. The van der Waals surface area contributed by atoms with Crippen molar-refractivity contribution in [3.8, 4) is 0 Å². The number of fused-ring (bicyclic) bond motifs is 1. The van der Waals surface area contributed by atoms with E-state index in [2.05, 4.69) is 25.7 Å². The monoisotopic (exact) mass is 595 g/mol. The molecule has 224 valence electrons. The molecule has 3 aromatic rings. The summed E-state index contributed by atoms with van der Waals surface area (Å²) in [5.74, 6) is -1.02. The van der Waals surface area contributed by atoms with Crippen molar-refractivity contribution in [3.05, 3.63) is 53.6 Å². The van der Waals surface area contributed by atoms with Gasteiger partial charge in [0.2, 0.25) is 5.91 Å². The molecule has 2 aliphatic rings. The Morgan fingerprint density at radius 1 is 1.10 bits per heavy atom. The minimum absolute atomic E-state index is 0.125. The number of Topliss-reactive ketones (excluding diaryl/α,β-unsaturated/α-hetero) is 1. The van der Waals surface area contributed by atoms with Crippen LogP contribution in [0.3, 0.4) is 0 Å². The maximum Gasteiger partial charge on any atom is 0.261 e. The van der Waals surface area contributed by atoms with E-state index in [4.69, 9.17) is 0 Å². The van der Waals surface area contributed by atoms with Gasteiger partial charge in [-0.3, -0.25) is 14.4 Å². The number of amides is 2. The second-order valence-electron chi connectivity index (χ2n) is 11.4. The van der Waals surface area contributed by atoms with E-state index < -0.39 is 45.7 Å².